The van der Waals surface area contributed by atoms with Gasteiger partial charge in [0.25, 0.3) is 0 Å². The molecule has 16 heavy (non-hydrogen) atoms. The molecule has 0 saturated carbocycles. The first-order valence-electron chi connectivity index (χ1n) is 4.97. The molecule has 0 aromatic carbocycles. The molecule has 2 N–H and O–H groups in total. The molecule has 82 valence electrons. The Kier molecular flexibility index (Phi) is 2.05. The minimum atomic E-state index is 0.451. The van der Waals surface area contributed by atoms with E-state index in [2.05, 4.69) is 10.1 Å². The van der Waals surface area contributed by atoms with Crippen molar-refractivity contribution in [2.24, 2.45) is 5.73 Å². The Labute approximate surface area is 96.1 Å². The molecule has 0 atom stereocenters. The zero-order chi connectivity index (χ0) is 11.1. The summed E-state index contributed by atoms with van der Waals surface area (Å²) in [6, 6.07) is 1.95. The fourth-order valence-electron chi connectivity index (χ4n) is 1.73. The SMILES string of the molecule is Cc1ccn(-c2nc3sccn3c2CN)n1. The summed E-state index contributed by atoms with van der Waals surface area (Å²) in [5, 5.41) is 6.35. The van der Waals surface area contributed by atoms with E-state index in [1.165, 1.54) is 0 Å². The van der Waals surface area contributed by atoms with Crippen LogP contribution in [0.5, 0.6) is 0 Å². The Morgan fingerprint density at radius 1 is 1.44 bits per heavy atom. The summed E-state index contributed by atoms with van der Waals surface area (Å²) in [6.07, 6.45) is 3.88. The number of hydrogen-bond donors (Lipinski definition) is 1. The van der Waals surface area contributed by atoms with Gasteiger partial charge in [0.15, 0.2) is 10.8 Å². The van der Waals surface area contributed by atoms with Gasteiger partial charge in [0.2, 0.25) is 0 Å². The lowest BCUT2D eigenvalue weighted by atomic mass is 10.4. The average molecular weight is 233 g/mol. The molecule has 0 unspecified atom stereocenters. The van der Waals surface area contributed by atoms with Gasteiger partial charge in [-0.1, -0.05) is 0 Å². The number of aryl methyl sites for hydroxylation is 1. The molecule has 0 saturated heterocycles. The molecule has 0 aliphatic carbocycles. The highest BCUT2D eigenvalue weighted by Crippen LogP contribution is 2.19. The van der Waals surface area contributed by atoms with Gasteiger partial charge in [-0.05, 0) is 13.0 Å². The first-order valence-corrected chi connectivity index (χ1v) is 5.84. The molecule has 5 nitrogen and oxygen atoms in total. The van der Waals surface area contributed by atoms with Crippen LogP contribution < -0.4 is 5.73 Å². The number of nitrogens with two attached hydrogens (primary N) is 1. The number of rotatable bonds is 2. The highest BCUT2D eigenvalue weighted by molar-refractivity contribution is 7.15. The van der Waals surface area contributed by atoms with Crippen molar-refractivity contribution in [1.82, 2.24) is 19.2 Å². The van der Waals surface area contributed by atoms with Crippen LogP contribution in [0.4, 0.5) is 0 Å². The van der Waals surface area contributed by atoms with Crippen molar-refractivity contribution in [3.8, 4) is 5.82 Å². The second-order valence-corrected chi connectivity index (χ2v) is 4.42. The zero-order valence-electron chi connectivity index (χ0n) is 8.79. The van der Waals surface area contributed by atoms with E-state index in [4.69, 9.17) is 5.73 Å². The normalized spacial score (nSPS) is 11.4. The Balaban J connectivity index is 2.26. The Morgan fingerprint density at radius 2 is 2.31 bits per heavy atom. The topological polar surface area (TPSA) is 61.1 Å². The molecule has 3 aromatic heterocycles. The maximum Gasteiger partial charge on any atom is 0.196 e. The molecular weight excluding hydrogens is 222 g/mol. The molecule has 0 amide bonds. The number of imidazole rings is 1. The highest BCUT2D eigenvalue weighted by Gasteiger charge is 2.13. The van der Waals surface area contributed by atoms with Crippen molar-refractivity contribution >= 4 is 16.3 Å². The Bertz CT molecular complexity index is 633. The van der Waals surface area contributed by atoms with Gasteiger partial charge in [-0.2, -0.15) is 10.1 Å². The van der Waals surface area contributed by atoms with Crippen LogP contribution in [-0.4, -0.2) is 19.2 Å². The van der Waals surface area contributed by atoms with Gasteiger partial charge < -0.3 is 5.73 Å². The standard InChI is InChI=1S/C10H11N5S/c1-7-2-3-15(13-7)9-8(6-11)14-4-5-16-10(14)12-9/h2-5H,6,11H2,1H3. The Hall–Kier alpha value is -1.66. The van der Waals surface area contributed by atoms with Gasteiger partial charge in [-0.15, -0.1) is 11.3 Å². The summed E-state index contributed by atoms with van der Waals surface area (Å²) in [5.41, 5.74) is 7.72. The molecule has 0 bridgehead atoms. The van der Waals surface area contributed by atoms with Crippen molar-refractivity contribution in [2.75, 3.05) is 0 Å². The number of aromatic nitrogens is 4. The van der Waals surface area contributed by atoms with Crippen molar-refractivity contribution in [1.29, 1.82) is 0 Å². The van der Waals surface area contributed by atoms with E-state index in [1.807, 2.05) is 35.2 Å². The predicted molar refractivity (Wildman–Crippen MR) is 62.8 cm³/mol. The highest BCUT2D eigenvalue weighted by atomic mass is 32.1. The molecule has 0 radical (unpaired) electrons. The maximum atomic E-state index is 5.77. The fourth-order valence-corrected chi connectivity index (χ4v) is 2.46. The number of thiazole rings is 1. The van der Waals surface area contributed by atoms with Gasteiger partial charge in [-0.3, -0.25) is 4.40 Å². The molecule has 3 aromatic rings. The fraction of sp³-hybridized carbons (Fsp3) is 0.200. The minimum Gasteiger partial charge on any atom is -0.325 e. The molecule has 0 aliphatic rings. The van der Waals surface area contributed by atoms with Gasteiger partial charge in [0.1, 0.15) is 0 Å². The molecule has 6 heteroatoms. The molecule has 3 rings (SSSR count). The number of fused-ring (bicyclic) bond motifs is 1. The van der Waals surface area contributed by atoms with E-state index < -0.39 is 0 Å². The summed E-state index contributed by atoms with van der Waals surface area (Å²) in [6.45, 7) is 2.41. The third kappa shape index (κ3) is 1.27. The van der Waals surface area contributed by atoms with E-state index in [0.717, 1.165) is 22.2 Å². The van der Waals surface area contributed by atoms with Crippen LogP contribution in [0.1, 0.15) is 11.4 Å². The van der Waals surface area contributed by atoms with Crippen molar-refractivity contribution in [2.45, 2.75) is 13.5 Å². The lowest BCUT2D eigenvalue weighted by Crippen LogP contribution is -2.06. The monoisotopic (exact) mass is 233 g/mol. The second-order valence-electron chi connectivity index (χ2n) is 3.54. The molecular formula is C10H11N5S. The number of hydrogen-bond acceptors (Lipinski definition) is 4. The van der Waals surface area contributed by atoms with Crippen LogP contribution in [0.3, 0.4) is 0 Å². The second kappa shape index (κ2) is 3.43. The zero-order valence-corrected chi connectivity index (χ0v) is 9.61. The predicted octanol–water partition coefficient (Wildman–Crippen LogP) is 1.35. The van der Waals surface area contributed by atoms with Crippen molar-refractivity contribution in [3.63, 3.8) is 0 Å². The van der Waals surface area contributed by atoms with Gasteiger partial charge in [0, 0.05) is 24.3 Å². The molecule has 0 aliphatic heterocycles. The first kappa shape index (κ1) is 9.56. The lowest BCUT2D eigenvalue weighted by Gasteiger charge is -2.00. The first-order chi connectivity index (χ1) is 7.79. The maximum absolute atomic E-state index is 5.77. The van der Waals surface area contributed by atoms with Crippen molar-refractivity contribution in [3.05, 3.63) is 35.2 Å². The smallest absolute Gasteiger partial charge is 0.196 e. The summed E-state index contributed by atoms with van der Waals surface area (Å²) in [4.78, 5) is 5.48. The third-order valence-corrected chi connectivity index (χ3v) is 3.23. The van der Waals surface area contributed by atoms with Crippen LogP contribution in [0.15, 0.2) is 23.8 Å². The summed E-state index contributed by atoms with van der Waals surface area (Å²) >= 11 is 1.59. The van der Waals surface area contributed by atoms with E-state index in [1.54, 1.807) is 16.0 Å². The molecule has 0 fully saturated rings. The third-order valence-electron chi connectivity index (χ3n) is 2.47. The molecule has 3 heterocycles. The summed E-state index contributed by atoms with van der Waals surface area (Å²) < 4.78 is 3.79. The van der Waals surface area contributed by atoms with Crippen LogP contribution in [0, 0.1) is 6.92 Å². The molecule has 0 spiro atoms. The average Bonchev–Trinajstić information content (AvgIpc) is 2.90. The van der Waals surface area contributed by atoms with Crippen molar-refractivity contribution < 1.29 is 0 Å². The summed E-state index contributed by atoms with van der Waals surface area (Å²) in [7, 11) is 0. The van der Waals surface area contributed by atoms with Crippen LogP contribution in [0.2, 0.25) is 0 Å². The van der Waals surface area contributed by atoms with E-state index in [-0.39, 0.29) is 0 Å². The van der Waals surface area contributed by atoms with E-state index in [0.29, 0.717) is 6.54 Å². The quantitative estimate of drug-likeness (QED) is 0.726. The number of nitrogens with zero attached hydrogens (tertiary/aromatic N) is 4. The minimum absolute atomic E-state index is 0.451. The lowest BCUT2D eigenvalue weighted by molar-refractivity contribution is 0.814. The Morgan fingerprint density at radius 3 is 3.00 bits per heavy atom. The van der Waals surface area contributed by atoms with Gasteiger partial charge in [-0.25, -0.2) is 4.68 Å². The van der Waals surface area contributed by atoms with Crippen LogP contribution >= 0.6 is 11.3 Å². The van der Waals surface area contributed by atoms with E-state index >= 15 is 0 Å². The van der Waals surface area contributed by atoms with Crippen LogP contribution in [0.25, 0.3) is 10.8 Å². The van der Waals surface area contributed by atoms with Gasteiger partial charge >= 0.3 is 0 Å². The largest absolute Gasteiger partial charge is 0.325 e. The van der Waals surface area contributed by atoms with E-state index in [9.17, 15) is 0 Å². The summed E-state index contributed by atoms with van der Waals surface area (Å²) in [5.74, 6) is 0.822. The van der Waals surface area contributed by atoms with Gasteiger partial charge in [0.05, 0.1) is 11.4 Å². The van der Waals surface area contributed by atoms with Crippen LogP contribution in [-0.2, 0) is 6.54 Å².